The maximum absolute atomic E-state index is 9.60. The summed E-state index contributed by atoms with van der Waals surface area (Å²) in [5.74, 6) is 0. The van der Waals surface area contributed by atoms with Gasteiger partial charge < -0.3 is 16.2 Å². The van der Waals surface area contributed by atoms with E-state index in [0.717, 1.165) is 0 Å². The van der Waals surface area contributed by atoms with Crippen LogP contribution >= 0.6 is 0 Å². The summed E-state index contributed by atoms with van der Waals surface area (Å²) in [7, 11) is 0. The van der Waals surface area contributed by atoms with Gasteiger partial charge in [-0.2, -0.15) is 0 Å². The normalized spacial score (nSPS) is 14.2. The van der Waals surface area contributed by atoms with Crippen molar-refractivity contribution in [2.75, 3.05) is 13.1 Å². The molecule has 0 aromatic rings. The van der Waals surface area contributed by atoms with Gasteiger partial charge in [0.05, 0.1) is 0 Å². The van der Waals surface area contributed by atoms with Crippen LogP contribution in [0.2, 0.25) is 0 Å². The molecule has 1 aliphatic heterocycles. The fourth-order valence-corrected chi connectivity index (χ4v) is 0.321. The lowest BCUT2D eigenvalue weighted by atomic mass is 10.2. The molecule has 1 aliphatic rings. The van der Waals surface area contributed by atoms with Crippen molar-refractivity contribution in [1.29, 1.82) is 0 Å². The number of rotatable bonds is 1. The molecule has 1 saturated heterocycles. The van der Waals surface area contributed by atoms with Crippen molar-refractivity contribution < 1.29 is 9.53 Å². The van der Waals surface area contributed by atoms with Crippen LogP contribution in [-0.4, -0.2) is 25.2 Å². The van der Waals surface area contributed by atoms with E-state index in [0.29, 0.717) is 6.47 Å². The van der Waals surface area contributed by atoms with Crippen LogP contribution in [0.25, 0.3) is 0 Å². The minimum Gasteiger partial charge on any atom is -0.462 e. The van der Waals surface area contributed by atoms with Crippen molar-refractivity contribution in [2.45, 2.75) is 32.8 Å². The molecule has 12 heavy (non-hydrogen) atoms. The monoisotopic (exact) mass is 176 g/mol. The highest BCUT2D eigenvalue weighted by atomic mass is 16.5. The Kier molecular flexibility index (Phi) is 8.21. The molecule has 0 atom stereocenters. The molecule has 0 spiro atoms. The lowest BCUT2D eigenvalue weighted by Gasteiger charge is -2.14. The van der Waals surface area contributed by atoms with Crippen LogP contribution < -0.4 is 11.5 Å². The van der Waals surface area contributed by atoms with Gasteiger partial charge in [0.15, 0.2) is 0 Å². The molecule has 1 fully saturated rings. The zero-order chi connectivity index (χ0) is 8.74. The lowest BCUT2D eigenvalue weighted by Crippen LogP contribution is -2.29. The average molecular weight is 176 g/mol. The van der Waals surface area contributed by atoms with Crippen LogP contribution in [-0.2, 0) is 9.53 Å². The molecule has 0 aromatic heterocycles. The van der Waals surface area contributed by atoms with Crippen molar-refractivity contribution in [2.24, 2.45) is 0 Å². The molecule has 0 aliphatic carbocycles. The average Bonchev–Trinajstić information content (AvgIpc) is 1.54. The number of nitrogens with one attached hydrogen (secondary N) is 1. The van der Waals surface area contributed by atoms with Gasteiger partial charge in [0.1, 0.15) is 5.60 Å². The Morgan fingerprint density at radius 1 is 1.33 bits per heavy atom. The van der Waals surface area contributed by atoms with E-state index in [2.05, 4.69) is 10.1 Å². The Labute approximate surface area is 74.3 Å². The molecule has 0 radical (unpaired) electrons. The summed E-state index contributed by atoms with van der Waals surface area (Å²) in [6, 6.07) is 0. The van der Waals surface area contributed by atoms with Crippen LogP contribution in [0.4, 0.5) is 0 Å². The zero-order valence-electron chi connectivity index (χ0n) is 8.22. The number of hydrogen-bond donors (Lipinski definition) is 2. The molecule has 0 saturated carbocycles. The number of carbonyl (C=O) groups excluding carboxylic acids is 1. The van der Waals surface area contributed by atoms with Gasteiger partial charge in [-0.05, 0) is 40.3 Å². The molecule has 0 aromatic carbocycles. The summed E-state index contributed by atoms with van der Waals surface area (Å²) in [5.41, 5.74) is -0.318. The second kappa shape index (κ2) is 7.06. The SMILES string of the molecule is C1CNC1.CC(C)(C)OC=O.N. The Morgan fingerprint density at radius 3 is 1.67 bits per heavy atom. The molecule has 1 heterocycles. The Bertz CT molecular complexity index is 102. The van der Waals surface area contributed by atoms with Crippen molar-refractivity contribution in [3.8, 4) is 0 Å². The van der Waals surface area contributed by atoms with E-state index in [1.807, 2.05) is 20.8 Å². The van der Waals surface area contributed by atoms with Gasteiger partial charge in [0, 0.05) is 0 Å². The van der Waals surface area contributed by atoms with E-state index in [1.54, 1.807) is 0 Å². The van der Waals surface area contributed by atoms with Gasteiger partial charge in [0.2, 0.25) is 0 Å². The molecule has 4 nitrogen and oxygen atoms in total. The second-order valence-electron chi connectivity index (χ2n) is 3.43. The van der Waals surface area contributed by atoms with Gasteiger partial charge in [-0.15, -0.1) is 0 Å². The molecule has 0 amide bonds. The van der Waals surface area contributed by atoms with Gasteiger partial charge in [-0.25, -0.2) is 0 Å². The standard InChI is InChI=1S/C5H10O2.C3H7N.H3N/c1-5(2,3)7-4-6;1-2-4-3-1;/h4H,1-3H3;4H,1-3H2;1H3. The van der Waals surface area contributed by atoms with Crippen molar-refractivity contribution >= 4 is 6.47 Å². The molecule has 0 bridgehead atoms. The fourth-order valence-electron chi connectivity index (χ4n) is 0.321. The second-order valence-corrected chi connectivity index (χ2v) is 3.43. The summed E-state index contributed by atoms with van der Waals surface area (Å²) in [5, 5.41) is 3.11. The minimum atomic E-state index is -0.318. The van der Waals surface area contributed by atoms with Gasteiger partial charge in [0.25, 0.3) is 6.47 Å². The molecule has 74 valence electrons. The first-order valence-corrected chi connectivity index (χ1v) is 3.88. The van der Waals surface area contributed by atoms with Crippen LogP contribution in [0.1, 0.15) is 27.2 Å². The van der Waals surface area contributed by atoms with E-state index < -0.39 is 0 Å². The van der Waals surface area contributed by atoms with Crippen molar-refractivity contribution in [3.63, 3.8) is 0 Å². The maximum Gasteiger partial charge on any atom is 0.293 e. The molecule has 0 unspecified atom stereocenters. The lowest BCUT2D eigenvalue weighted by molar-refractivity contribution is -0.138. The topological polar surface area (TPSA) is 73.3 Å². The van der Waals surface area contributed by atoms with E-state index in [-0.39, 0.29) is 11.8 Å². The highest BCUT2D eigenvalue weighted by Gasteiger charge is 2.07. The summed E-state index contributed by atoms with van der Waals surface area (Å²) < 4.78 is 4.55. The maximum atomic E-state index is 9.60. The van der Waals surface area contributed by atoms with Crippen molar-refractivity contribution in [1.82, 2.24) is 11.5 Å². The highest BCUT2D eigenvalue weighted by molar-refractivity contribution is 5.37. The fraction of sp³-hybridized carbons (Fsp3) is 0.875. The van der Waals surface area contributed by atoms with E-state index >= 15 is 0 Å². The predicted octanol–water partition coefficient (Wildman–Crippen LogP) is 1.10. The first-order valence-electron chi connectivity index (χ1n) is 3.88. The van der Waals surface area contributed by atoms with Gasteiger partial charge >= 0.3 is 0 Å². The van der Waals surface area contributed by atoms with Crippen LogP contribution in [0.5, 0.6) is 0 Å². The van der Waals surface area contributed by atoms with Crippen LogP contribution in [0.15, 0.2) is 0 Å². The molecular formula is C8H20N2O2. The zero-order valence-corrected chi connectivity index (χ0v) is 8.22. The quantitative estimate of drug-likeness (QED) is 0.587. The van der Waals surface area contributed by atoms with Gasteiger partial charge in [-0.3, -0.25) is 4.79 Å². The predicted molar refractivity (Wildman–Crippen MR) is 49.4 cm³/mol. The highest BCUT2D eigenvalue weighted by Crippen LogP contribution is 2.02. The third-order valence-corrected chi connectivity index (χ3v) is 1.11. The molecular weight excluding hydrogens is 156 g/mol. The Morgan fingerprint density at radius 2 is 1.67 bits per heavy atom. The van der Waals surface area contributed by atoms with Crippen LogP contribution in [0, 0.1) is 0 Å². The number of carbonyl (C=O) groups is 1. The third kappa shape index (κ3) is 12.1. The summed E-state index contributed by atoms with van der Waals surface area (Å²) in [6.45, 7) is 8.42. The Hall–Kier alpha value is -0.610. The smallest absolute Gasteiger partial charge is 0.293 e. The third-order valence-electron chi connectivity index (χ3n) is 1.11. The molecule has 4 N–H and O–H groups in total. The van der Waals surface area contributed by atoms with Crippen molar-refractivity contribution in [3.05, 3.63) is 0 Å². The van der Waals surface area contributed by atoms with E-state index in [1.165, 1.54) is 19.5 Å². The minimum absolute atomic E-state index is 0. The molecule has 4 heteroatoms. The summed E-state index contributed by atoms with van der Waals surface area (Å²) in [4.78, 5) is 9.60. The number of hydrogen-bond acceptors (Lipinski definition) is 4. The Balaban J connectivity index is 0. The first kappa shape index (κ1) is 13.9. The largest absolute Gasteiger partial charge is 0.462 e. The van der Waals surface area contributed by atoms with Gasteiger partial charge in [-0.1, -0.05) is 0 Å². The van der Waals surface area contributed by atoms with E-state index in [9.17, 15) is 4.79 Å². The molecule has 1 rings (SSSR count). The first-order chi connectivity index (χ1) is 5.06. The summed E-state index contributed by atoms with van der Waals surface area (Å²) >= 11 is 0. The van der Waals surface area contributed by atoms with E-state index in [4.69, 9.17) is 0 Å². The summed E-state index contributed by atoms with van der Waals surface area (Å²) in [6.07, 6.45) is 1.39. The van der Waals surface area contributed by atoms with Crippen LogP contribution in [0.3, 0.4) is 0 Å². The number of ether oxygens (including phenoxy) is 1.